The van der Waals surface area contributed by atoms with E-state index in [0.29, 0.717) is 17.3 Å². The fourth-order valence-electron chi connectivity index (χ4n) is 2.29. The highest BCUT2D eigenvalue weighted by Gasteiger charge is 2.16. The number of rotatable bonds is 5. The van der Waals surface area contributed by atoms with Crippen LogP contribution in [-0.2, 0) is 11.2 Å². The zero-order valence-corrected chi connectivity index (χ0v) is 13.5. The van der Waals surface area contributed by atoms with Crippen molar-refractivity contribution in [3.05, 3.63) is 53.1 Å². The number of nitrogens with zero attached hydrogens (tertiary/aromatic N) is 3. The van der Waals surface area contributed by atoms with Gasteiger partial charge in [-0.2, -0.15) is 0 Å². The zero-order chi connectivity index (χ0) is 16.9. The maximum Gasteiger partial charge on any atom is 0.293 e. The SMILES string of the molecule is NC1=NC(CCc2ccc(NC(=O)c3ncc(Cl)cn3)cc2)CO1. The third-order valence-electron chi connectivity index (χ3n) is 3.53. The van der Waals surface area contributed by atoms with Crippen LogP contribution >= 0.6 is 11.6 Å². The van der Waals surface area contributed by atoms with Gasteiger partial charge < -0.3 is 15.8 Å². The molecule has 0 saturated heterocycles. The van der Waals surface area contributed by atoms with E-state index in [-0.39, 0.29) is 23.8 Å². The fraction of sp³-hybridized carbons (Fsp3) is 0.250. The first kappa shape index (κ1) is 16.2. The van der Waals surface area contributed by atoms with Gasteiger partial charge in [0.05, 0.1) is 11.1 Å². The number of carbonyl (C=O) groups is 1. The Kier molecular flexibility index (Phi) is 4.90. The van der Waals surface area contributed by atoms with Crippen LogP contribution in [0.15, 0.2) is 41.7 Å². The average Bonchev–Trinajstić information content (AvgIpc) is 3.00. The van der Waals surface area contributed by atoms with E-state index >= 15 is 0 Å². The third kappa shape index (κ3) is 4.20. The molecule has 1 aliphatic rings. The Labute approximate surface area is 143 Å². The molecule has 8 heteroatoms. The lowest BCUT2D eigenvalue weighted by atomic mass is 10.1. The molecule has 1 aromatic heterocycles. The predicted octanol–water partition coefficient (Wildman–Crippen LogP) is 2.03. The molecule has 2 heterocycles. The van der Waals surface area contributed by atoms with Crippen LogP contribution in [0.2, 0.25) is 5.02 Å². The summed E-state index contributed by atoms with van der Waals surface area (Å²) in [5.41, 5.74) is 7.31. The minimum atomic E-state index is -0.382. The van der Waals surface area contributed by atoms with Crippen LogP contribution in [0, 0.1) is 0 Å². The molecule has 3 rings (SSSR count). The lowest BCUT2D eigenvalue weighted by Gasteiger charge is -2.07. The largest absolute Gasteiger partial charge is 0.463 e. The van der Waals surface area contributed by atoms with Crippen molar-refractivity contribution in [2.75, 3.05) is 11.9 Å². The molecule has 1 atom stereocenters. The van der Waals surface area contributed by atoms with Gasteiger partial charge in [0.25, 0.3) is 11.9 Å². The molecule has 7 nitrogen and oxygen atoms in total. The summed E-state index contributed by atoms with van der Waals surface area (Å²) in [7, 11) is 0. The van der Waals surface area contributed by atoms with Gasteiger partial charge in [-0.05, 0) is 30.5 Å². The first-order chi connectivity index (χ1) is 11.6. The number of benzene rings is 1. The third-order valence-corrected chi connectivity index (χ3v) is 3.73. The number of hydrogen-bond donors (Lipinski definition) is 2. The topological polar surface area (TPSA) is 102 Å². The summed E-state index contributed by atoms with van der Waals surface area (Å²) in [6.45, 7) is 0.543. The summed E-state index contributed by atoms with van der Waals surface area (Å²) < 4.78 is 5.13. The Balaban J connectivity index is 1.54. The monoisotopic (exact) mass is 345 g/mol. The van der Waals surface area contributed by atoms with Crippen molar-refractivity contribution in [2.24, 2.45) is 10.7 Å². The van der Waals surface area contributed by atoms with E-state index in [1.54, 1.807) is 0 Å². The maximum atomic E-state index is 12.0. The van der Waals surface area contributed by atoms with E-state index in [1.807, 2.05) is 24.3 Å². The number of amidine groups is 1. The van der Waals surface area contributed by atoms with E-state index in [4.69, 9.17) is 22.1 Å². The van der Waals surface area contributed by atoms with Crippen molar-refractivity contribution >= 4 is 29.2 Å². The summed E-state index contributed by atoms with van der Waals surface area (Å²) in [5, 5.41) is 3.13. The number of aromatic nitrogens is 2. The van der Waals surface area contributed by atoms with E-state index in [2.05, 4.69) is 20.3 Å². The van der Waals surface area contributed by atoms with E-state index in [9.17, 15) is 4.79 Å². The molecular formula is C16H16ClN5O2. The van der Waals surface area contributed by atoms with Crippen LogP contribution < -0.4 is 11.1 Å². The highest BCUT2D eigenvalue weighted by Crippen LogP contribution is 2.15. The van der Waals surface area contributed by atoms with Crippen molar-refractivity contribution in [3.8, 4) is 0 Å². The number of aliphatic imine (C=N–C) groups is 1. The number of nitrogens with two attached hydrogens (primary N) is 1. The fourth-order valence-corrected chi connectivity index (χ4v) is 2.39. The molecule has 0 bridgehead atoms. The standard InChI is InChI=1S/C16H16ClN5O2/c17-11-7-19-14(20-8-11)15(23)21-12-4-1-10(2-5-12)3-6-13-9-24-16(18)22-13/h1-2,4-5,7-8,13H,3,6,9H2,(H2,18,22)(H,21,23). The van der Waals surface area contributed by atoms with E-state index in [1.165, 1.54) is 12.4 Å². The molecule has 1 unspecified atom stereocenters. The second-order valence-corrected chi connectivity index (χ2v) is 5.78. The summed E-state index contributed by atoms with van der Waals surface area (Å²) in [6, 6.07) is 7.98. The van der Waals surface area contributed by atoms with E-state index in [0.717, 1.165) is 18.4 Å². The quantitative estimate of drug-likeness (QED) is 0.863. The van der Waals surface area contributed by atoms with Gasteiger partial charge in [-0.3, -0.25) is 4.79 Å². The van der Waals surface area contributed by atoms with Crippen molar-refractivity contribution in [1.29, 1.82) is 0 Å². The predicted molar refractivity (Wildman–Crippen MR) is 91.1 cm³/mol. The highest BCUT2D eigenvalue weighted by molar-refractivity contribution is 6.30. The van der Waals surface area contributed by atoms with Gasteiger partial charge in [0.1, 0.15) is 6.61 Å². The normalized spacial score (nSPS) is 16.4. The molecule has 124 valence electrons. The molecule has 3 N–H and O–H groups in total. The molecule has 0 spiro atoms. The van der Waals surface area contributed by atoms with Crippen LogP contribution in [0.3, 0.4) is 0 Å². The Bertz CT molecular complexity index is 746. The molecule has 2 aromatic rings. The van der Waals surface area contributed by atoms with Gasteiger partial charge >= 0.3 is 0 Å². The first-order valence-corrected chi connectivity index (χ1v) is 7.82. The molecule has 1 aromatic carbocycles. The number of ether oxygens (including phenoxy) is 1. The van der Waals surface area contributed by atoms with Crippen LogP contribution in [0.4, 0.5) is 5.69 Å². The Morgan fingerprint density at radius 1 is 1.29 bits per heavy atom. The lowest BCUT2D eigenvalue weighted by molar-refractivity contribution is 0.101. The second-order valence-electron chi connectivity index (χ2n) is 5.35. The van der Waals surface area contributed by atoms with Gasteiger partial charge in [0.15, 0.2) is 0 Å². The molecule has 0 saturated carbocycles. The Morgan fingerprint density at radius 2 is 2.00 bits per heavy atom. The van der Waals surface area contributed by atoms with Gasteiger partial charge in [-0.15, -0.1) is 0 Å². The van der Waals surface area contributed by atoms with Crippen molar-refractivity contribution < 1.29 is 9.53 Å². The van der Waals surface area contributed by atoms with E-state index < -0.39 is 0 Å². The van der Waals surface area contributed by atoms with Gasteiger partial charge in [0, 0.05) is 18.1 Å². The van der Waals surface area contributed by atoms with Crippen molar-refractivity contribution in [3.63, 3.8) is 0 Å². The van der Waals surface area contributed by atoms with Crippen LogP contribution in [-0.4, -0.2) is 34.5 Å². The molecule has 24 heavy (non-hydrogen) atoms. The molecule has 0 aliphatic carbocycles. The minimum absolute atomic E-state index is 0.0696. The number of carbonyl (C=O) groups excluding carboxylic acids is 1. The Morgan fingerprint density at radius 3 is 2.62 bits per heavy atom. The highest BCUT2D eigenvalue weighted by atomic mass is 35.5. The zero-order valence-electron chi connectivity index (χ0n) is 12.8. The van der Waals surface area contributed by atoms with Crippen LogP contribution in [0.1, 0.15) is 22.6 Å². The smallest absolute Gasteiger partial charge is 0.293 e. The number of amides is 1. The maximum absolute atomic E-state index is 12.0. The van der Waals surface area contributed by atoms with Crippen LogP contribution in [0.5, 0.6) is 0 Å². The van der Waals surface area contributed by atoms with Gasteiger partial charge in [-0.1, -0.05) is 23.7 Å². The number of nitrogens with one attached hydrogen (secondary N) is 1. The van der Waals surface area contributed by atoms with Crippen molar-refractivity contribution in [2.45, 2.75) is 18.9 Å². The minimum Gasteiger partial charge on any atom is -0.463 e. The lowest BCUT2D eigenvalue weighted by Crippen LogP contribution is -2.15. The number of halogens is 1. The molecular weight excluding hydrogens is 330 g/mol. The molecule has 1 amide bonds. The van der Waals surface area contributed by atoms with Crippen molar-refractivity contribution in [1.82, 2.24) is 9.97 Å². The summed E-state index contributed by atoms with van der Waals surface area (Å²) in [4.78, 5) is 24.0. The molecule has 1 aliphatic heterocycles. The summed E-state index contributed by atoms with van der Waals surface area (Å²) in [6.07, 6.45) is 4.49. The molecule has 0 radical (unpaired) electrons. The van der Waals surface area contributed by atoms with Gasteiger partial charge in [0.2, 0.25) is 5.82 Å². The first-order valence-electron chi connectivity index (χ1n) is 7.44. The summed E-state index contributed by atoms with van der Waals surface area (Å²) in [5.74, 6) is -0.313. The van der Waals surface area contributed by atoms with Gasteiger partial charge in [-0.25, -0.2) is 15.0 Å². The second kappa shape index (κ2) is 7.27. The number of aryl methyl sites for hydroxylation is 1. The summed E-state index contributed by atoms with van der Waals surface area (Å²) >= 11 is 5.70. The molecule has 0 fully saturated rings. The van der Waals surface area contributed by atoms with Crippen LogP contribution in [0.25, 0.3) is 0 Å². The number of hydrogen-bond acceptors (Lipinski definition) is 6. The Hall–Kier alpha value is -2.67. The number of anilines is 1. The average molecular weight is 346 g/mol.